The van der Waals surface area contributed by atoms with Crippen LogP contribution in [0.2, 0.25) is 0 Å². The Morgan fingerprint density at radius 1 is 1.38 bits per heavy atom. The Hall–Kier alpha value is -0.120. The van der Waals surface area contributed by atoms with E-state index in [1.54, 1.807) is 0 Å². The quantitative estimate of drug-likeness (QED) is 0.457. The fraction of sp³-hybridized carbons (Fsp3) is 1.00. The van der Waals surface area contributed by atoms with E-state index in [0.717, 1.165) is 0 Å². The van der Waals surface area contributed by atoms with E-state index in [0.29, 0.717) is 0 Å². The second-order valence-corrected chi connectivity index (χ2v) is 1.02. The Kier molecular flexibility index (Phi) is 1.66. The molecular formula is C5H12O3. The minimum absolute atomic E-state index is 1.20. The maximum absolute atomic E-state index is 9.17. The number of rotatable bonds is 4. The van der Waals surface area contributed by atoms with Gasteiger partial charge in [0.05, 0.1) is 7.45 Å². The minimum atomic E-state index is -3.19. The van der Waals surface area contributed by atoms with E-state index in [2.05, 4.69) is 0 Å². The van der Waals surface area contributed by atoms with Gasteiger partial charge in [0.25, 0.3) is 0 Å². The van der Waals surface area contributed by atoms with Gasteiger partial charge < -0.3 is 15.3 Å². The zero-order valence-corrected chi connectivity index (χ0v) is 4.26. The van der Waals surface area contributed by atoms with Crippen molar-refractivity contribution >= 4 is 0 Å². The Morgan fingerprint density at radius 2 is 1.75 bits per heavy atom. The highest BCUT2D eigenvalue weighted by Crippen LogP contribution is 1.93. The first-order valence-corrected chi connectivity index (χ1v) is 2.06. The van der Waals surface area contributed by atoms with Crippen LogP contribution in [0.15, 0.2) is 0 Å². The second kappa shape index (κ2) is 5.03. The van der Waals surface area contributed by atoms with Crippen LogP contribution in [0, 0.1) is 0 Å². The predicted octanol–water partition coefficient (Wildman–Crippen LogP) is -0.888. The van der Waals surface area contributed by atoms with Crippen molar-refractivity contribution in [2.75, 3.05) is 13.2 Å². The molecule has 0 unspecified atom stereocenters. The Balaban J connectivity index is 4.95. The van der Waals surface area contributed by atoms with Gasteiger partial charge in [-0.2, -0.15) is 0 Å². The van der Waals surface area contributed by atoms with Crippen LogP contribution in [-0.2, 0) is 0 Å². The lowest BCUT2D eigenvalue weighted by Crippen LogP contribution is -2.10. The third-order valence-electron chi connectivity index (χ3n) is 0.493. The molecule has 0 saturated carbocycles. The molecule has 0 saturated heterocycles. The molecule has 0 radical (unpaired) electrons. The van der Waals surface area contributed by atoms with Gasteiger partial charge in [-0.25, -0.2) is 0 Å². The zero-order chi connectivity index (χ0) is 10.9. The second-order valence-electron chi connectivity index (χ2n) is 1.02. The van der Waals surface area contributed by atoms with E-state index in [1.807, 2.05) is 0 Å². The SMILES string of the molecule is [2H]C([2H])(CO)C([2H])(O)C([2H])([2H])CO. The molecular weight excluding hydrogens is 108 g/mol. The smallest absolute Gasteiger partial charge is 0.0602 e. The van der Waals surface area contributed by atoms with Gasteiger partial charge in [0.1, 0.15) is 0 Å². The molecule has 0 atom stereocenters. The van der Waals surface area contributed by atoms with Crippen LogP contribution in [0.3, 0.4) is 0 Å². The summed E-state index contributed by atoms with van der Waals surface area (Å²) in [5, 5.41) is 26.1. The molecule has 0 aromatic carbocycles. The first-order valence-electron chi connectivity index (χ1n) is 4.56. The van der Waals surface area contributed by atoms with Crippen molar-refractivity contribution in [1.29, 1.82) is 0 Å². The summed E-state index contributed by atoms with van der Waals surface area (Å²) in [5.74, 6) is 0. The van der Waals surface area contributed by atoms with Crippen molar-refractivity contribution in [3.8, 4) is 0 Å². The zero-order valence-electron chi connectivity index (χ0n) is 9.26. The first kappa shape index (κ1) is 2.64. The van der Waals surface area contributed by atoms with E-state index in [1.165, 1.54) is 0 Å². The standard InChI is InChI=1S/C5H12O3/c6-3-1-5(8)2-4-7/h5-8H,1-4H2/i1D2,2D2,5D. The highest BCUT2D eigenvalue weighted by molar-refractivity contribution is 4.51. The molecule has 0 amide bonds. The molecule has 0 aliphatic rings. The van der Waals surface area contributed by atoms with Crippen molar-refractivity contribution < 1.29 is 22.2 Å². The van der Waals surface area contributed by atoms with Gasteiger partial charge in [-0.15, -0.1) is 0 Å². The predicted molar refractivity (Wildman–Crippen MR) is 29.4 cm³/mol. The summed E-state index contributed by atoms with van der Waals surface area (Å²) >= 11 is 0. The highest BCUT2D eigenvalue weighted by Gasteiger charge is 1.99. The molecule has 0 aromatic heterocycles. The van der Waals surface area contributed by atoms with Gasteiger partial charge in [0, 0.05) is 18.7 Å². The van der Waals surface area contributed by atoms with E-state index in [-0.39, 0.29) is 0 Å². The number of hydrogen-bond donors (Lipinski definition) is 3. The van der Waals surface area contributed by atoms with Crippen LogP contribution in [0.5, 0.6) is 0 Å². The summed E-state index contributed by atoms with van der Waals surface area (Å²) in [7, 11) is 0. The minimum Gasteiger partial charge on any atom is -0.396 e. The van der Waals surface area contributed by atoms with Crippen molar-refractivity contribution in [2.24, 2.45) is 0 Å². The first-order chi connectivity index (χ1) is 5.62. The van der Waals surface area contributed by atoms with Gasteiger partial charge in [-0.1, -0.05) is 0 Å². The van der Waals surface area contributed by atoms with Crippen LogP contribution in [0.1, 0.15) is 19.6 Å². The topological polar surface area (TPSA) is 60.7 Å². The van der Waals surface area contributed by atoms with Crippen LogP contribution < -0.4 is 0 Å². The molecule has 0 heterocycles. The third kappa shape index (κ3) is 4.05. The van der Waals surface area contributed by atoms with Crippen LogP contribution in [-0.4, -0.2) is 34.6 Å². The molecule has 3 heteroatoms. The maximum atomic E-state index is 9.17. The maximum Gasteiger partial charge on any atom is 0.0602 e. The Bertz CT molecular complexity index is 163. The molecule has 8 heavy (non-hydrogen) atoms. The number of aliphatic hydroxyl groups is 3. The molecule has 0 fully saturated rings. The molecule has 0 aromatic rings. The van der Waals surface area contributed by atoms with E-state index < -0.39 is 32.0 Å². The van der Waals surface area contributed by atoms with Gasteiger partial charge in [0.15, 0.2) is 0 Å². The molecule has 0 aliphatic heterocycles. The molecule has 0 bridgehead atoms. The number of hydrogen-bond acceptors (Lipinski definition) is 3. The average Bonchev–Trinajstić information content (AvgIpc) is 2.03. The van der Waals surface area contributed by atoms with E-state index in [4.69, 9.17) is 22.2 Å². The molecule has 3 nitrogen and oxygen atoms in total. The van der Waals surface area contributed by atoms with Gasteiger partial charge >= 0.3 is 0 Å². The lowest BCUT2D eigenvalue weighted by molar-refractivity contribution is 0.104. The van der Waals surface area contributed by atoms with Crippen molar-refractivity contribution in [3.63, 3.8) is 0 Å². The van der Waals surface area contributed by atoms with Crippen molar-refractivity contribution in [1.82, 2.24) is 0 Å². The van der Waals surface area contributed by atoms with Crippen LogP contribution in [0.4, 0.5) is 0 Å². The summed E-state index contributed by atoms with van der Waals surface area (Å²) < 4.78 is 34.9. The largest absolute Gasteiger partial charge is 0.396 e. The van der Waals surface area contributed by atoms with Gasteiger partial charge in [0.2, 0.25) is 0 Å². The Labute approximate surface area is 55.6 Å². The van der Waals surface area contributed by atoms with Crippen molar-refractivity contribution in [2.45, 2.75) is 18.8 Å². The summed E-state index contributed by atoms with van der Waals surface area (Å²) in [6.45, 7) is -2.40. The molecule has 0 aliphatic carbocycles. The van der Waals surface area contributed by atoms with E-state index in [9.17, 15) is 0 Å². The highest BCUT2D eigenvalue weighted by atomic mass is 16.3. The van der Waals surface area contributed by atoms with Gasteiger partial charge in [-0.05, 0) is 12.7 Å². The average molecular weight is 125 g/mol. The van der Waals surface area contributed by atoms with Gasteiger partial charge in [-0.3, -0.25) is 0 Å². The molecule has 3 N–H and O–H groups in total. The summed E-state index contributed by atoms with van der Waals surface area (Å²) in [5.41, 5.74) is 0. The van der Waals surface area contributed by atoms with E-state index >= 15 is 0 Å². The van der Waals surface area contributed by atoms with Crippen LogP contribution >= 0.6 is 0 Å². The summed E-state index contributed by atoms with van der Waals surface area (Å²) in [6.07, 6.45) is -8.86. The number of aliphatic hydroxyl groups excluding tert-OH is 2. The molecule has 50 valence electrons. The normalized spacial score (nSPS) is 24.6. The lowest BCUT2D eigenvalue weighted by atomic mass is 10.2. The monoisotopic (exact) mass is 125 g/mol. The van der Waals surface area contributed by atoms with Crippen LogP contribution in [0.25, 0.3) is 0 Å². The molecule has 0 rings (SSSR count). The molecule has 0 spiro atoms. The summed E-state index contributed by atoms with van der Waals surface area (Å²) in [4.78, 5) is 0. The lowest BCUT2D eigenvalue weighted by Gasteiger charge is -2.03. The fourth-order valence-electron chi connectivity index (χ4n) is 0.212. The fourth-order valence-corrected chi connectivity index (χ4v) is 0.212. The summed E-state index contributed by atoms with van der Waals surface area (Å²) in [6, 6.07) is 0. The third-order valence-corrected chi connectivity index (χ3v) is 0.493. The van der Waals surface area contributed by atoms with Crippen molar-refractivity contribution in [3.05, 3.63) is 0 Å². The Morgan fingerprint density at radius 3 is 2.00 bits per heavy atom.